The van der Waals surface area contributed by atoms with Crippen molar-refractivity contribution in [2.24, 2.45) is 0 Å². The van der Waals surface area contributed by atoms with Crippen molar-refractivity contribution in [1.82, 2.24) is 9.80 Å². The van der Waals surface area contributed by atoms with Crippen LogP contribution in [0.5, 0.6) is 0 Å². The number of carbonyl (C=O) groups excluding carboxylic acids is 1. The lowest BCUT2D eigenvalue weighted by Gasteiger charge is -2.40. The summed E-state index contributed by atoms with van der Waals surface area (Å²) in [4.78, 5) is 16.1. The van der Waals surface area contributed by atoms with Crippen LogP contribution in [0.3, 0.4) is 0 Å². The van der Waals surface area contributed by atoms with Crippen LogP contribution >= 0.6 is 11.6 Å². The summed E-state index contributed by atoms with van der Waals surface area (Å²) in [6, 6.07) is 0.619. The van der Waals surface area contributed by atoms with Crippen LogP contribution < -0.4 is 0 Å². The van der Waals surface area contributed by atoms with Crippen molar-refractivity contribution in [2.45, 2.75) is 31.2 Å². The molecule has 2 saturated heterocycles. The van der Waals surface area contributed by atoms with Crippen molar-refractivity contribution in [3.63, 3.8) is 0 Å². The summed E-state index contributed by atoms with van der Waals surface area (Å²) in [6.07, 6.45) is 2.13. The number of morpholine rings is 1. The normalized spacial score (nSPS) is 25.9. The Kier molecular flexibility index (Phi) is 4.65. The first-order valence-corrected chi connectivity index (χ1v) is 6.87. The van der Waals surface area contributed by atoms with Crippen molar-refractivity contribution in [3.05, 3.63) is 0 Å². The minimum absolute atomic E-state index is 0.0760. The number of amides is 1. The van der Waals surface area contributed by atoms with Crippen LogP contribution in [-0.2, 0) is 9.53 Å². The molecule has 1 atom stereocenters. The summed E-state index contributed by atoms with van der Waals surface area (Å²) in [5, 5.41) is -0.394. The molecule has 0 N–H and O–H groups in total. The van der Waals surface area contributed by atoms with E-state index in [1.807, 2.05) is 4.90 Å². The van der Waals surface area contributed by atoms with E-state index in [0.717, 1.165) is 52.2 Å². The lowest BCUT2D eigenvalue weighted by atomic mass is 10.0. The second-order valence-electron chi connectivity index (χ2n) is 4.82. The standard InChI is InChI=1S/C12H21ClN2O2/c1-10(13)12(16)15-4-2-11(3-5-15)14-6-8-17-9-7-14/h10-11H,2-9H2,1H3. The average molecular weight is 261 g/mol. The van der Waals surface area contributed by atoms with Gasteiger partial charge in [0.2, 0.25) is 5.91 Å². The third-order valence-corrected chi connectivity index (χ3v) is 3.87. The predicted molar refractivity (Wildman–Crippen MR) is 67.3 cm³/mol. The highest BCUT2D eigenvalue weighted by molar-refractivity contribution is 6.30. The molecule has 1 amide bonds. The van der Waals surface area contributed by atoms with E-state index < -0.39 is 5.38 Å². The molecule has 98 valence electrons. The molecular formula is C12H21ClN2O2. The molecule has 0 spiro atoms. The number of carbonyl (C=O) groups is 1. The summed E-state index contributed by atoms with van der Waals surface area (Å²) in [6.45, 7) is 7.19. The van der Waals surface area contributed by atoms with Gasteiger partial charge in [-0.15, -0.1) is 11.6 Å². The minimum atomic E-state index is -0.394. The first-order valence-electron chi connectivity index (χ1n) is 6.43. The van der Waals surface area contributed by atoms with Crippen LogP contribution in [-0.4, -0.2) is 66.5 Å². The Hall–Kier alpha value is -0.320. The summed E-state index contributed by atoms with van der Waals surface area (Å²) in [5.41, 5.74) is 0. The Morgan fingerprint density at radius 2 is 1.82 bits per heavy atom. The third-order valence-electron chi connectivity index (χ3n) is 3.68. The molecule has 1 unspecified atom stereocenters. The molecule has 5 heteroatoms. The zero-order valence-corrected chi connectivity index (χ0v) is 11.2. The molecule has 0 saturated carbocycles. The van der Waals surface area contributed by atoms with Gasteiger partial charge in [-0.2, -0.15) is 0 Å². The van der Waals surface area contributed by atoms with E-state index in [-0.39, 0.29) is 5.91 Å². The lowest BCUT2D eigenvalue weighted by Crippen LogP contribution is -2.50. The van der Waals surface area contributed by atoms with Gasteiger partial charge in [-0.3, -0.25) is 9.69 Å². The topological polar surface area (TPSA) is 32.8 Å². The van der Waals surface area contributed by atoms with Crippen molar-refractivity contribution in [2.75, 3.05) is 39.4 Å². The number of rotatable bonds is 2. The molecule has 2 fully saturated rings. The van der Waals surface area contributed by atoms with E-state index in [0.29, 0.717) is 6.04 Å². The molecule has 0 aromatic heterocycles. The molecule has 2 aliphatic heterocycles. The second-order valence-corrected chi connectivity index (χ2v) is 5.48. The zero-order valence-electron chi connectivity index (χ0n) is 10.4. The minimum Gasteiger partial charge on any atom is -0.379 e. The number of hydrogen-bond donors (Lipinski definition) is 0. The number of ether oxygens (including phenoxy) is 1. The van der Waals surface area contributed by atoms with Gasteiger partial charge in [0, 0.05) is 32.2 Å². The summed E-state index contributed by atoms with van der Waals surface area (Å²) in [5.74, 6) is 0.0760. The Morgan fingerprint density at radius 3 is 2.35 bits per heavy atom. The maximum Gasteiger partial charge on any atom is 0.240 e. The Balaban J connectivity index is 1.79. The molecule has 17 heavy (non-hydrogen) atoms. The van der Waals surface area contributed by atoms with Crippen LogP contribution in [0.4, 0.5) is 0 Å². The van der Waals surface area contributed by atoms with Gasteiger partial charge in [0.15, 0.2) is 0 Å². The molecule has 0 bridgehead atoms. The van der Waals surface area contributed by atoms with Gasteiger partial charge in [-0.05, 0) is 19.8 Å². The van der Waals surface area contributed by atoms with Crippen LogP contribution in [0.25, 0.3) is 0 Å². The first kappa shape index (κ1) is 13.1. The molecular weight excluding hydrogens is 240 g/mol. The lowest BCUT2D eigenvalue weighted by molar-refractivity contribution is -0.132. The molecule has 0 aromatic carbocycles. The Bertz CT molecular complexity index is 259. The molecule has 0 aliphatic carbocycles. The number of likely N-dealkylation sites (tertiary alicyclic amines) is 1. The monoisotopic (exact) mass is 260 g/mol. The van der Waals surface area contributed by atoms with Crippen molar-refractivity contribution < 1.29 is 9.53 Å². The number of halogens is 1. The highest BCUT2D eigenvalue weighted by Crippen LogP contribution is 2.18. The zero-order chi connectivity index (χ0) is 12.3. The van der Waals surface area contributed by atoms with Gasteiger partial charge in [0.25, 0.3) is 0 Å². The fraction of sp³-hybridized carbons (Fsp3) is 0.917. The molecule has 0 aromatic rings. The van der Waals surface area contributed by atoms with Crippen LogP contribution in [0.2, 0.25) is 0 Å². The summed E-state index contributed by atoms with van der Waals surface area (Å²) >= 11 is 5.83. The summed E-state index contributed by atoms with van der Waals surface area (Å²) < 4.78 is 5.36. The number of alkyl halides is 1. The highest BCUT2D eigenvalue weighted by Gasteiger charge is 2.28. The maximum absolute atomic E-state index is 11.7. The number of nitrogens with zero attached hydrogens (tertiary/aromatic N) is 2. The van der Waals surface area contributed by atoms with Gasteiger partial charge in [0.05, 0.1) is 13.2 Å². The molecule has 2 aliphatic rings. The average Bonchev–Trinajstić information content (AvgIpc) is 2.39. The Labute approximate surface area is 108 Å². The van der Waals surface area contributed by atoms with Crippen molar-refractivity contribution >= 4 is 17.5 Å². The van der Waals surface area contributed by atoms with Crippen LogP contribution in [0.1, 0.15) is 19.8 Å². The predicted octanol–water partition coefficient (Wildman–Crippen LogP) is 0.937. The smallest absolute Gasteiger partial charge is 0.240 e. The fourth-order valence-electron chi connectivity index (χ4n) is 2.65. The van der Waals surface area contributed by atoms with E-state index in [9.17, 15) is 4.79 Å². The maximum atomic E-state index is 11.7. The first-order chi connectivity index (χ1) is 8.18. The van der Waals surface area contributed by atoms with Gasteiger partial charge < -0.3 is 9.64 Å². The van der Waals surface area contributed by atoms with Gasteiger partial charge in [-0.25, -0.2) is 0 Å². The Morgan fingerprint density at radius 1 is 1.24 bits per heavy atom. The second kappa shape index (κ2) is 6.03. The van der Waals surface area contributed by atoms with E-state index >= 15 is 0 Å². The number of hydrogen-bond acceptors (Lipinski definition) is 3. The molecule has 2 rings (SSSR count). The van der Waals surface area contributed by atoms with Crippen LogP contribution in [0.15, 0.2) is 0 Å². The van der Waals surface area contributed by atoms with Gasteiger partial charge >= 0.3 is 0 Å². The fourth-order valence-corrected chi connectivity index (χ4v) is 2.78. The van der Waals surface area contributed by atoms with E-state index in [4.69, 9.17) is 16.3 Å². The molecule has 2 heterocycles. The number of piperidine rings is 1. The quantitative estimate of drug-likeness (QED) is 0.693. The van der Waals surface area contributed by atoms with Gasteiger partial charge in [-0.1, -0.05) is 0 Å². The summed E-state index contributed by atoms with van der Waals surface area (Å²) in [7, 11) is 0. The third kappa shape index (κ3) is 3.33. The van der Waals surface area contributed by atoms with Gasteiger partial charge in [0.1, 0.15) is 5.38 Å². The SMILES string of the molecule is CC(Cl)C(=O)N1CCC(N2CCOCC2)CC1. The molecule has 0 radical (unpaired) electrons. The van der Waals surface area contributed by atoms with Crippen LogP contribution in [0, 0.1) is 0 Å². The van der Waals surface area contributed by atoms with E-state index in [1.54, 1.807) is 6.92 Å². The largest absolute Gasteiger partial charge is 0.379 e. The van der Waals surface area contributed by atoms with E-state index in [1.165, 1.54) is 0 Å². The van der Waals surface area contributed by atoms with Crippen molar-refractivity contribution in [3.8, 4) is 0 Å². The molecule has 4 nitrogen and oxygen atoms in total. The van der Waals surface area contributed by atoms with Crippen molar-refractivity contribution in [1.29, 1.82) is 0 Å². The highest BCUT2D eigenvalue weighted by atomic mass is 35.5. The van der Waals surface area contributed by atoms with E-state index in [2.05, 4.69) is 4.90 Å².